The van der Waals surface area contributed by atoms with Crippen molar-refractivity contribution >= 4 is 28.0 Å². The third-order valence-electron chi connectivity index (χ3n) is 5.76. The van der Waals surface area contributed by atoms with Crippen molar-refractivity contribution in [2.24, 2.45) is 0 Å². The molecule has 1 N–H and O–H groups in total. The summed E-state index contributed by atoms with van der Waals surface area (Å²) in [5.74, 6) is -1.13. The first-order chi connectivity index (χ1) is 14.5. The van der Waals surface area contributed by atoms with Crippen LogP contribution < -0.4 is 0 Å². The summed E-state index contributed by atoms with van der Waals surface area (Å²) >= 11 is 3.29. The number of hydrogen-bond donors (Lipinski definition) is 1. The summed E-state index contributed by atoms with van der Waals surface area (Å²) in [5, 5.41) is 9.38. The van der Waals surface area contributed by atoms with Crippen LogP contribution >= 0.6 is 15.9 Å². The smallest absolute Gasteiger partial charge is 0.410 e. The number of rotatable bonds is 3. The second-order valence-electron chi connectivity index (χ2n) is 7.36. The van der Waals surface area contributed by atoms with Crippen LogP contribution in [-0.2, 0) is 17.8 Å². The summed E-state index contributed by atoms with van der Waals surface area (Å²) in [6.07, 6.45) is -0.447. The lowest BCUT2D eigenvalue weighted by Crippen LogP contribution is -2.39. The molecule has 0 bridgehead atoms. The third-order valence-corrected chi connectivity index (χ3v) is 6.36. The van der Waals surface area contributed by atoms with Gasteiger partial charge in [0.2, 0.25) is 0 Å². The number of aromatic carboxylic acids is 1. The van der Waals surface area contributed by atoms with Crippen LogP contribution in [0.3, 0.4) is 0 Å². The summed E-state index contributed by atoms with van der Waals surface area (Å²) in [6, 6.07) is 16.3. The lowest BCUT2D eigenvalue weighted by atomic mass is 9.98. The van der Waals surface area contributed by atoms with E-state index in [4.69, 9.17) is 4.74 Å². The predicted molar refractivity (Wildman–Crippen MR) is 112 cm³/mol. The Kier molecular flexibility index (Phi) is 4.58. The molecule has 152 valence electrons. The number of carbonyl (C=O) groups is 2. The second kappa shape index (κ2) is 7.28. The zero-order valence-electron chi connectivity index (χ0n) is 15.9. The van der Waals surface area contributed by atoms with Gasteiger partial charge in [0.1, 0.15) is 6.61 Å². The molecule has 2 aliphatic rings. The molecule has 3 aromatic rings. The van der Waals surface area contributed by atoms with E-state index in [1.165, 1.54) is 16.0 Å². The zero-order chi connectivity index (χ0) is 20.8. The van der Waals surface area contributed by atoms with E-state index in [-0.39, 0.29) is 24.8 Å². The normalized spacial score (nSPS) is 14.8. The van der Waals surface area contributed by atoms with Crippen LogP contribution in [0.2, 0.25) is 0 Å². The molecule has 7 nitrogen and oxygen atoms in total. The van der Waals surface area contributed by atoms with Crippen molar-refractivity contribution in [3.05, 3.63) is 75.8 Å². The lowest BCUT2D eigenvalue weighted by molar-refractivity contribution is 0.0680. The molecule has 1 aliphatic carbocycles. The van der Waals surface area contributed by atoms with E-state index in [1.54, 1.807) is 4.57 Å². The highest BCUT2D eigenvalue weighted by atomic mass is 79.9. The highest BCUT2D eigenvalue weighted by molar-refractivity contribution is 9.10. The molecule has 0 saturated heterocycles. The molecule has 5 rings (SSSR count). The molecule has 1 amide bonds. The van der Waals surface area contributed by atoms with Crippen LogP contribution in [0.25, 0.3) is 11.1 Å². The average Bonchev–Trinajstić information content (AvgIpc) is 3.27. The third kappa shape index (κ3) is 2.99. The Morgan fingerprint density at radius 1 is 1.07 bits per heavy atom. The summed E-state index contributed by atoms with van der Waals surface area (Å²) in [6.45, 7) is 1.27. The first-order valence-corrected chi connectivity index (χ1v) is 10.4. The second-order valence-corrected chi connectivity index (χ2v) is 8.07. The van der Waals surface area contributed by atoms with E-state index < -0.39 is 12.1 Å². The molecule has 0 unspecified atom stereocenters. The number of imidazole rings is 1. The van der Waals surface area contributed by atoms with Gasteiger partial charge in [-0.15, -0.1) is 0 Å². The topological polar surface area (TPSA) is 84.7 Å². The number of carboxylic acids is 1. The number of halogens is 1. The van der Waals surface area contributed by atoms with Gasteiger partial charge in [0.15, 0.2) is 10.4 Å². The van der Waals surface area contributed by atoms with E-state index >= 15 is 0 Å². The number of ether oxygens (including phenoxy) is 1. The van der Waals surface area contributed by atoms with Crippen molar-refractivity contribution in [2.45, 2.75) is 19.0 Å². The van der Waals surface area contributed by atoms with E-state index in [1.807, 2.05) is 24.3 Å². The molecule has 30 heavy (non-hydrogen) atoms. The van der Waals surface area contributed by atoms with Crippen LogP contribution in [0.15, 0.2) is 53.3 Å². The fraction of sp³-hybridized carbons (Fsp3) is 0.227. The molecular weight excluding hydrogens is 450 g/mol. The van der Waals surface area contributed by atoms with Crippen molar-refractivity contribution in [1.29, 1.82) is 0 Å². The van der Waals surface area contributed by atoms with E-state index in [9.17, 15) is 14.7 Å². The maximum absolute atomic E-state index is 12.8. The number of nitrogens with zero attached hydrogens (tertiary/aromatic N) is 3. The van der Waals surface area contributed by atoms with Gasteiger partial charge < -0.3 is 19.3 Å². The van der Waals surface area contributed by atoms with Gasteiger partial charge in [-0.25, -0.2) is 14.6 Å². The molecule has 2 aromatic carbocycles. The number of fused-ring (bicyclic) bond motifs is 4. The molecule has 2 heterocycles. The number of carbonyl (C=O) groups excluding carboxylic acids is 1. The Morgan fingerprint density at radius 2 is 1.70 bits per heavy atom. The minimum Gasteiger partial charge on any atom is -0.476 e. The molecule has 0 radical (unpaired) electrons. The van der Waals surface area contributed by atoms with E-state index in [0.29, 0.717) is 23.5 Å². The van der Waals surface area contributed by atoms with Gasteiger partial charge in [0, 0.05) is 19.0 Å². The van der Waals surface area contributed by atoms with Gasteiger partial charge >= 0.3 is 12.1 Å². The summed E-state index contributed by atoms with van der Waals surface area (Å²) < 4.78 is 7.93. The predicted octanol–water partition coefficient (Wildman–Crippen LogP) is 4.11. The quantitative estimate of drug-likeness (QED) is 0.626. The van der Waals surface area contributed by atoms with Gasteiger partial charge in [-0.2, -0.15) is 0 Å². The van der Waals surface area contributed by atoms with Crippen LogP contribution in [-0.4, -0.2) is 44.8 Å². The molecular formula is C22H18BrN3O4. The van der Waals surface area contributed by atoms with Gasteiger partial charge in [0.25, 0.3) is 0 Å². The highest BCUT2D eigenvalue weighted by Gasteiger charge is 2.32. The van der Waals surface area contributed by atoms with Crippen LogP contribution in [0, 0.1) is 0 Å². The monoisotopic (exact) mass is 467 g/mol. The Morgan fingerprint density at radius 3 is 2.33 bits per heavy atom. The number of carboxylic acid groups (broad SMARTS) is 1. The number of benzene rings is 2. The Hall–Kier alpha value is -3.13. The summed E-state index contributed by atoms with van der Waals surface area (Å²) in [7, 11) is 0. The van der Waals surface area contributed by atoms with Crippen molar-refractivity contribution < 1.29 is 19.4 Å². The number of amides is 1. The molecule has 0 saturated carbocycles. The van der Waals surface area contributed by atoms with Gasteiger partial charge in [-0.3, -0.25) is 0 Å². The van der Waals surface area contributed by atoms with Crippen molar-refractivity contribution in [3.63, 3.8) is 0 Å². The van der Waals surface area contributed by atoms with Crippen LogP contribution in [0.1, 0.15) is 33.2 Å². The number of hydrogen-bond acceptors (Lipinski definition) is 4. The molecule has 0 atom stereocenters. The van der Waals surface area contributed by atoms with Gasteiger partial charge in [-0.1, -0.05) is 48.5 Å². The van der Waals surface area contributed by atoms with E-state index in [2.05, 4.69) is 45.2 Å². The molecule has 0 fully saturated rings. The first kappa shape index (κ1) is 18.9. The van der Waals surface area contributed by atoms with Crippen molar-refractivity contribution in [2.75, 3.05) is 13.2 Å². The standard InChI is InChI=1S/C22H18BrN3O4/c23-21-24-19(20(27)28)18-11-25(9-10-26(18)21)22(29)30-12-17-15-7-3-1-5-13(15)14-6-2-4-8-16(14)17/h1-8,17H,9-12H2,(H,27,28). The zero-order valence-corrected chi connectivity index (χ0v) is 17.5. The first-order valence-electron chi connectivity index (χ1n) is 9.62. The van der Waals surface area contributed by atoms with Crippen molar-refractivity contribution in [3.8, 4) is 11.1 Å². The summed E-state index contributed by atoms with van der Waals surface area (Å²) in [4.78, 5) is 29.8. The maximum atomic E-state index is 12.8. The summed E-state index contributed by atoms with van der Waals surface area (Å²) in [5.41, 5.74) is 5.10. The molecule has 1 aliphatic heterocycles. The SMILES string of the molecule is O=C(O)c1nc(Br)n2c1CN(C(=O)OCC1c3ccccc3-c3ccccc31)CC2. The number of aromatic nitrogens is 2. The minimum atomic E-state index is -1.11. The van der Waals surface area contributed by atoms with Crippen LogP contribution in [0.5, 0.6) is 0 Å². The molecule has 0 spiro atoms. The average molecular weight is 468 g/mol. The van der Waals surface area contributed by atoms with Gasteiger partial charge in [0.05, 0.1) is 12.2 Å². The highest BCUT2D eigenvalue weighted by Crippen LogP contribution is 2.44. The van der Waals surface area contributed by atoms with Crippen molar-refractivity contribution in [1.82, 2.24) is 14.5 Å². The Labute approximate surface area is 181 Å². The molecule has 8 heteroatoms. The maximum Gasteiger partial charge on any atom is 0.410 e. The van der Waals surface area contributed by atoms with Crippen LogP contribution in [0.4, 0.5) is 4.79 Å². The molecule has 1 aromatic heterocycles. The Bertz CT molecular complexity index is 1130. The minimum absolute atomic E-state index is 0.0135. The Balaban J connectivity index is 1.34. The van der Waals surface area contributed by atoms with Gasteiger partial charge in [-0.05, 0) is 38.2 Å². The largest absolute Gasteiger partial charge is 0.476 e. The van der Waals surface area contributed by atoms with E-state index in [0.717, 1.165) is 11.1 Å². The fourth-order valence-corrected chi connectivity index (χ4v) is 4.91. The fourth-order valence-electron chi connectivity index (χ4n) is 4.34. The lowest BCUT2D eigenvalue weighted by Gasteiger charge is -2.28.